The van der Waals surface area contributed by atoms with Crippen molar-refractivity contribution in [1.82, 2.24) is 10.1 Å². The normalized spacial score (nSPS) is 10.7. The van der Waals surface area contributed by atoms with E-state index >= 15 is 0 Å². The molecular formula is C25H23N3O3. The molecule has 0 aliphatic rings. The molecule has 2 heterocycles. The van der Waals surface area contributed by atoms with Gasteiger partial charge in [0.25, 0.3) is 0 Å². The fourth-order valence-corrected chi connectivity index (χ4v) is 3.46. The van der Waals surface area contributed by atoms with Crippen molar-refractivity contribution < 1.29 is 14.1 Å². The van der Waals surface area contributed by atoms with Gasteiger partial charge in [0, 0.05) is 24.4 Å². The summed E-state index contributed by atoms with van der Waals surface area (Å²) in [6.07, 6.45) is 3.74. The zero-order valence-corrected chi connectivity index (χ0v) is 17.7. The Morgan fingerprint density at radius 3 is 2.42 bits per heavy atom. The summed E-state index contributed by atoms with van der Waals surface area (Å²) in [6, 6.07) is 19.1. The van der Waals surface area contributed by atoms with E-state index in [-0.39, 0.29) is 5.91 Å². The fourth-order valence-electron chi connectivity index (χ4n) is 3.46. The van der Waals surface area contributed by atoms with Crippen LogP contribution >= 0.6 is 0 Å². The number of hydrogen-bond acceptors (Lipinski definition) is 5. The van der Waals surface area contributed by atoms with Crippen LogP contribution in [0.4, 0.5) is 11.6 Å². The molecule has 0 unspecified atom stereocenters. The Morgan fingerprint density at radius 2 is 1.77 bits per heavy atom. The third-order valence-electron chi connectivity index (χ3n) is 5.02. The quantitative estimate of drug-likeness (QED) is 0.400. The first-order chi connectivity index (χ1) is 15.1. The standard InChI is InChI=1S/C25H23N3O3/c1-4-22(29)28(20-7-5-6-17(2)16-20)25-23(18-12-14-26-15-13-18)24(27-31-25)19-8-10-21(30-3)11-9-19/h5-16H,4H2,1-3H3. The first-order valence-electron chi connectivity index (χ1n) is 10.1. The molecule has 6 heteroatoms. The number of pyridine rings is 1. The Bertz CT molecular complexity index is 1180. The van der Waals surface area contributed by atoms with Gasteiger partial charge in [-0.15, -0.1) is 0 Å². The SMILES string of the molecule is CCC(=O)N(c1cccc(C)c1)c1onc(-c2ccc(OC)cc2)c1-c1ccncc1. The second kappa shape index (κ2) is 8.83. The van der Waals surface area contributed by atoms with Crippen LogP contribution in [0.5, 0.6) is 5.75 Å². The lowest BCUT2D eigenvalue weighted by molar-refractivity contribution is -0.117. The Labute approximate surface area is 181 Å². The number of aryl methyl sites for hydroxylation is 1. The van der Waals surface area contributed by atoms with Crippen LogP contribution in [0.15, 0.2) is 77.6 Å². The topological polar surface area (TPSA) is 68.5 Å². The van der Waals surface area contributed by atoms with Crippen molar-refractivity contribution in [2.45, 2.75) is 20.3 Å². The molecule has 0 atom stereocenters. The maximum atomic E-state index is 13.0. The van der Waals surface area contributed by atoms with E-state index in [9.17, 15) is 4.79 Å². The fraction of sp³-hybridized carbons (Fsp3) is 0.160. The second-order valence-electron chi connectivity index (χ2n) is 7.10. The molecule has 4 aromatic rings. The zero-order chi connectivity index (χ0) is 21.8. The number of benzene rings is 2. The number of ether oxygens (including phenoxy) is 1. The predicted octanol–water partition coefficient (Wildman–Crippen LogP) is 5.80. The van der Waals surface area contributed by atoms with Crippen molar-refractivity contribution in [1.29, 1.82) is 0 Å². The number of hydrogen-bond donors (Lipinski definition) is 0. The minimum absolute atomic E-state index is 0.0849. The van der Waals surface area contributed by atoms with E-state index in [0.717, 1.165) is 33.7 Å². The van der Waals surface area contributed by atoms with E-state index in [1.54, 1.807) is 24.4 Å². The highest BCUT2D eigenvalue weighted by atomic mass is 16.5. The molecule has 0 saturated carbocycles. The van der Waals surface area contributed by atoms with E-state index < -0.39 is 0 Å². The minimum Gasteiger partial charge on any atom is -0.497 e. The van der Waals surface area contributed by atoms with Crippen LogP contribution in [0.1, 0.15) is 18.9 Å². The lowest BCUT2D eigenvalue weighted by Gasteiger charge is -2.21. The number of rotatable bonds is 6. The summed E-state index contributed by atoms with van der Waals surface area (Å²) in [7, 11) is 1.63. The molecule has 2 aromatic heterocycles. The van der Waals surface area contributed by atoms with Crippen molar-refractivity contribution in [3.8, 4) is 28.1 Å². The van der Waals surface area contributed by atoms with Gasteiger partial charge in [-0.3, -0.25) is 9.78 Å². The zero-order valence-electron chi connectivity index (χ0n) is 17.7. The van der Waals surface area contributed by atoms with Crippen LogP contribution in [0.2, 0.25) is 0 Å². The molecule has 0 saturated heterocycles. The van der Waals surface area contributed by atoms with Crippen molar-refractivity contribution in [2.75, 3.05) is 12.0 Å². The van der Waals surface area contributed by atoms with Gasteiger partial charge < -0.3 is 9.26 Å². The molecule has 1 amide bonds. The molecule has 0 fully saturated rings. The lowest BCUT2D eigenvalue weighted by atomic mass is 10.0. The second-order valence-corrected chi connectivity index (χ2v) is 7.10. The maximum Gasteiger partial charge on any atom is 0.247 e. The molecule has 4 rings (SSSR count). The van der Waals surface area contributed by atoms with Crippen LogP contribution in [-0.2, 0) is 4.79 Å². The molecule has 0 aliphatic carbocycles. The van der Waals surface area contributed by atoms with Gasteiger partial charge in [-0.2, -0.15) is 0 Å². The van der Waals surface area contributed by atoms with E-state index in [2.05, 4.69) is 10.1 Å². The first kappa shape index (κ1) is 20.3. The number of methoxy groups -OCH3 is 1. The summed E-state index contributed by atoms with van der Waals surface area (Å²) in [5, 5.41) is 4.37. The van der Waals surface area contributed by atoms with E-state index in [0.29, 0.717) is 18.0 Å². The maximum absolute atomic E-state index is 13.0. The van der Waals surface area contributed by atoms with E-state index in [4.69, 9.17) is 9.26 Å². The van der Waals surface area contributed by atoms with Crippen molar-refractivity contribution in [2.24, 2.45) is 0 Å². The van der Waals surface area contributed by atoms with Crippen molar-refractivity contribution in [3.63, 3.8) is 0 Å². The van der Waals surface area contributed by atoms with Crippen molar-refractivity contribution in [3.05, 3.63) is 78.6 Å². The molecule has 0 bridgehead atoms. The van der Waals surface area contributed by atoms with Crippen LogP contribution in [0, 0.1) is 6.92 Å². The molecule has 31 heavy (non-hydrogen) atoms. The highest BCUT2D eigenvalue weighted by molar-refractivity contribution is 6.04. The molecule has 0 spiro atoms. The van der Waals surface area contributed by atoms with E-state index in [1.165, 1.54) is 0 Å². The number of aromatic nitrogens is 2. The first-order valence-corrected chi connectivity index (χ1v) is 10.1. The number of nitrogens with zero attached hydrogens (tertiary/aromatic N) is 3. The molecule has 0 aliphatic heterocycles. The smallest absolute Gasteiger partial charge is 0.247 e. The van der Waals surface area contributed by atoms with Crippen LogP contribution in [0.25, 0.3) is 22.4 Å². The molecule has 2 aromatic carbocycles. The van der Waals surface area contributed by atoms with Gasteiger partial charge in [0.1, 0.15) is 11.4 Å². The number of carbonyl (C=O) groups is 1. The predicted molar refractivity (Wildman–Crippen MR) is 120 cm³/mol. The number of carbonyl (C=O) groups excluding carboxylic acids is 1. The van der Waals surface area contributed by atoms with Crippen LogP contribution in [-0.4, -0.2) is 23.2 Å². The van der Waals surface area contributed by atoms with Crippen LogP contribution < -0.4 is 9.64 Å². The largest absolute Gasteiger partial charge is 0.497 e. The van der Waals surface area contributed by atoms with Gasteiger partial charge in [-0.1, -0.05) is 24.2 Å². The van der Waals surface area contributed by atoms with Gasteiger partial charge in [0.15, 0.2) is 0 Å². The molecule has 0 N–H and O–H groups in total. The molecule has 6 nitrogen and oxygen atoms in total. The third-order valence-corrected chi connectivity index (χ3v) is 5.02. The van der Waals surface area contributed by atoms with Gasteiger partial charge >= 0.3 is 0 Å². The number of anilines is 2. The Morgan fingerprint density at radius 1 is 1.03 bits per heavy atom. The summed E-state index contributed by atoms with van der Waals surface area (Å²) in [4.78, 5) is 18.8. The van der Waals surface area contributed by atoms with Gasteiger partial charge in [0.2, 0.25) is 11.8 Å². The summed E-state index contributed by atoms with van der Waals surface area (Å²) >= 11 is 0. The van der Waals surface area contributed by atoms with E-state index in [1.807, 2.05) is 74.5 Å². The molecular weight excluding hydrogens is 390 g/mol. The highest BCUT2D eigenvalue weighted by Crippen LogP contribution is 2.42. The minimum atomic E-state index is -0.0849. The van der Waals surface area contributed by atoms with Crippen molar-refractivity contribution >= 4 is 17.5 Å². The highest BCUT2D eigenvalue weighted by Gasteiger charge is 2.28. The molecule has 0 radical (unpaired) electrons. The summed E-state index contributed by atoms with van der Waals surface area (Å²) < 4.78 is 11.1. The third kappa shape index (κ3) is 4.05. The lowest BCUT2D eigenvalue weighted by Crippen LogP contribution is -2.25. The average Bonchev–Trinajstić information content (AvgIpc) is 3.24. The Kier molecular flexibility index (Phi) is 5.80. The molecule has 156 valence electrons. The monoisotopic (exact) mass is 413 g/mol. The van der Waals surface area contributed by atoms with Gasteiger partial charge in [-0.25, -0.2) is 4.90 Å². The Hall–Kier alpha value is -3.93. The van der Waals surface area contributed by atoms with Gasteiger partial charge in [0.05, 0.1) is 18.4 Å². The Balaban J connectivity index is 1.94. The summed E-state index contributed by atoms with van der Waals surface area (Å²) in [5.41, 5.74) is 4.88. The average molecular weight is 413 g/mol. The van der Waals surface area contributed by atoms with Crippen LogP contribution in [0.3, 0.4) is 0 Å². The summed E-state index contributed by atoms with van der Waals surface area (Å²) in [6.45, 7) is 3.82. The summed E-state index contributed by atoms with van der Waals surface area (Å²) in [5.74, 6) is 1.05. The number of amides is 1. The van der Waals surface area contributed by atoms with Gasteiger partial charge in [-0.05, 0) is 66.6 Å².